The Labute approximate surface area is 262 Å². The first-order chi connectivity index (χ1) is 20.3. The molecule has 2 aliphatic rings. The maximum atomic E-state index is 13.9. The van der Waals surface area contributed by atoms with E-state index >= 15 is 0 Å². The molecule has 12 nitrogen and oxygen atoms in total. The second-order valence-corrected chi connectivity index (χ2v) is 13.7. The number of allylic oxidation sites excluding steroid dienone is 1. The van der Waals surface area contributed by atoms with Gasteiger partial charge in [-0.05, 0) is 78.6 Å². The summed E-state index contributed by atoms with van der Waals surface area (Å²) in [6.07, 6.45) is -0.311. The van der Waals surface area contributed by atoms with E-state index in [9.17, 15) is 19.2 Å². The smallest absolute Gasteiger partial charge is 0.339 e. The molecule has 2 N–H and O–H groups in total. The van der Waals surface area contributed by atoms with Gasteiger partial charge in [-0.15, -0.1) is 0 Å². The SMILES string of the molecule is CONC(=O)NC1(C)/C=C(\C)C(=O)C(C)CC(C)(C)C(OC2O[C@H](C)CC(N(C)C)C2OC)[C@@H](C)C(=O)[C@@H](C)C(=O)O[C@@H]1C. The molecule has 2 rings (SSSR count). The molecule has 1 saturated heterocycles. The molecule has 0 aromatic rings. The van der Waals surface area contributed by atoms with Crippen molar-refractivity contribution in [2.75, 3.05) is 28.3 Å². The summed E-state index contributed by atoms with van der Waals surface area (Å²) in [5, 5.41) is 2.73. The van der Waals surface area contributed by atoms with Gasteiger partial charge in [0.15, 0.2) is 17.9 Å². The van der Waals surface area contributed by atoms with Crippen molar-refractivity contribution in [3.63, 3.8) is 0 Å². The van der Waals surface area contributed by atoms with Gasteiger partial charge in [-0.2, -0.15) is 0 Å². The molecule has 0 aliphatic carbocycles. The predicted octanol–water partition coefficient (Wildman–Crippen LogP) is 3.43. The molecule has 0 saturated carbocycles. The van der Waals surface area contributed by atoms with Crippen molar-refractivity contribution >= 4 is 23.6 Å². The summed E-state index contributed by atoms with van der Waals surface area (Å²) >= 11 is 0. The first-order valence-corrected chi connectivity index (χ1v) is 15.4. The zero-order chi connectivity index (χ0) is 33.7. The van der Waals surface area contributed by atoms with Crippen LogP contribution in [-0.4, -0.2) is 99.1 Å². The van der Waals surface area contributed by atoms with Gasteiger partial charge in [-0.3, -0.25) is 19.2 Å². The van der Waals surface area contributed by atoms with Crippen molar-refractivity contribution in [1.29, 1.82) is 0 Å². The second-order valence-electron chi connectivity index (χ2n) is 13.7. The Morgan fingerprint density at radius 3 is 2.20 bits per heavy atom. The third-order valence-corrected chi connectivity index (χ3v) is 9.16. The number of rotatable bonds is 6. The lowest BCUT2D eigenvalue weighted by Crippen LogP contribution is -2.58. The van der Waals surface area contributed by atoms with Crippen molar-refractivity contribution in [1.82, 2.24) is 15.7 Å². The number of amides is 2. The number of esters is 1. The molecule has 2 heterocycles. The van der Waals surface area contributed by atoms with E-state index in [1.807, 2.05) is 41.8 Å². The van der Waals surface area contributed by atoms with Crippen LogP contribution in [-0.2, 0) is 38.2 Å². The minimum Gasteiger partial charge on any atom is -0.459 e. The zero-order valence-corrected chi connectivity index (χ0v) is 28.8. The van der Waals surface area contributed by atoms with Crippen LogP contribution < -0.4 is 10.8 Å². The van der Waals surface area contributed by atoms with Gasteiger partial charge < -0.3 is 29.2 Å². The van der Waals surface area contributed by atoms with Gasteiger partial charge in [0.1, 0.15) is 18.1 Å². The van der Waals surface area contributed by atoms with E-state index in [2.05, 4.69) is 15.7 Å². The molecule has 0 aromatic carbocycles. The van der Waals surface area contributed by atoms with Crippen LogP contribution in [0.5, 0.6) is 0 Å². The number of urea groups is 1. The normalized spacial score (nSPS) is 38.7. The Hall–Kier alpha value is -2.38. The largest absolute Gasteiger partial charge is 0.459 e. The van der Waals surface area contributed by atoms with E-state index in [1.165, 1.54) is 14.0 Å². The van der Waals surface area contributed by atoms with Crippen LogP contribution in [0.1, 0.15) is 75.2 Å². The second kappa shape index (κ2) is 15.3. The molecule has 12 heteroatoms. The average molecular weight is 626 g/mol. The molecule has 6 unspecified atom stereocenters. The third-order valence-electron chi connectivity index (χ3n) is 9.16. The molecular weight excluding hydrogens is 570 g/mol. The van der Waals surface area contributed by atoms with Crippen LogP contribution in [0.25, 0.3) is 0 Å². The standard InChI is InChI=1S/C32H55N3O9/c1-17-15-31(7,8)27(44-29-26(40-12)23(35(10)11)14-19(3)42-29)20(4)25(37)21(5)28(38)43-22(6)32(9,16-18(2)24(17)36)33-30(39)34-41-13/h16-17,19-23,26-27,29H,14-15H2,1-13H3,(H2,33,34,39)/b18-16+/t17?,19-,20+,21-,22-,23?,26?,27?,29?,32?/m1/s1. The number of hydrogen-bond acceptors (Lipinski definition) is 10. The number of ether oxygens (including phenoxy) is 4. The zero-order valence-electron chi connectivity index (χ0n) is 28.8. The van der Waals surface area contributed by atoms with Crippen LogP contribution in [0.3, 0.4) is 0 Å². The fourth-order valence-electron chi connectivity index (χ4n) is 6.61. The Bertz CT molecular complexity index is 1080. The molecule has 0 radical (unpaired) electrons. The van der Waals surface area contributed by atoms with Gasteiger partial charge in [-0.25, -0.2) is 10.3 Å². The van der Waals surface area contributed by atoms with Crippen molar-refractivity contribution in [2.45, 2.75) is 117 Å². The number of likely N-dealkylation sites (N-methyl/N-ethyl adjacent to an activating group) is 1. The monoisotopic (exact) mass is 625 g/mol. The van der Waals surface area contributed by atoms with Gasteiger partial charge in [-0.1, -0.05) is 27.7 Å². The highest BCUT2D eigenvalue weighted by molar-refractivity contribution is 6.00. The summed E-state index contributed by atoms with van der Waals surface area (Å²) in [5.41, 5.74) is 0.552. The Morgan fingerprint density at radius 1 is 1.05 bits per heavy atom. The summed E-state index contributed by atoms with van der Waals surface area (Å²) in [5.74, 6) is -3.63. The Kier molecular flexibility index (Phi) is 13.1. The van der Waals surface area contributed by atoms with Crippen molar-refractivity contribution in [2.24, 2.45) is 23.2 Å². The lowest BCUT2D eigenvalue weighted by molar-refractivity contribution is -0.289. The molecule has 0 aromatic heterocycles. The van der Waals surface area contributed by atoms with Crippen LogP contribution in [0, 0.1) is 23.2 Å². The van der Waals surface area contributed by atoms with Crippen LogP contribution in [0.15, 0.2) is 11.6 Å². The Morgan fingerprint density at radius 2 is 1.66 bits per heavy atom. The van der Waals surface area contributed by atoms with Crippen molar-refractivity contribution in [3.05, 3.63) is 11.6 Å². The minimum atomic E-state index is -1.30. The quantitative estimate of drug-likeness (QED) is 0.256. The number of cyclic esters (lactones) is 1. The lowest BCUT2D eigenvalue weighted by atomic mass is 9.71. The number of hydroxylamine groups is 1. The number of Topliss-reactive ketones (excluding diaryl/α,β-unsaturated/α-hetero) is 2. The highest BCUT2D eigenvalue weighted by Crippen LogP contribution is 2.40. The van der Waals surface area contributed by atoms with Crippen molar-refractivity contribution in [3.8, 4) is 0 Å². The van der Waals surface area contributed by atoms with Crippen LogP contribution in [0.4, 0.5) is 4.79 Å². The minimum absolute atomic E-state index is 0.0129. The third kappa shape index (κ3) is 8.87. The average Bonchev–Trinajstić information content (AvgIpc) is 2.92. The molecule has 2 aliphatic heterocycles. The van der Waals surface area contributed by atoms with E-state index in [0.29, 0.717) is 12.0 Å². The van der Waals surface area contributed by atoms with Gasteiger partial charge >= 0.3 is 12.0 Å². The van der Waals surface area contributed by atoms with Gasteiger partial charge in [0.05, 0.1) is 24.9 Å². The first kappa shape index (κ1) is 37.8. The molecule has 0 spiro atoms. The summed E-state index contributed by atoms with van der Waals surface area (Å²) in [6, 6.07) is -0.675. The fraction of sp³-hybridized carbons (Fsp3) is 0.812. The number of carbonyl (C=O) groups excluding carboxylic acids is 4. The molecule has 2 amide bonds. The number of methoxy groups -OCH3 is 1. The number of hydrogen-bond donors (Lipinski definition) is 2. The summed E-state index contributed by atoms with van der Waals surface area (Å²) < 4.78 is 24.6. The molecule has 44 heavy (non-hydrogen) atoms. The van der Waals surface area contributed by atoms with Gasteiger partial charge in [0, 0.05) is 25.0 Å². The lowest BCUT2D eigenvalue weighted by Gasteiger charge is -2.47. The van der Waals surface area contributed by atoms with E-state index in [4.69, 9.17) is 23.8 Å². The van der Waals surface area contributed by atoms with E-state index in [1.54, 1.807) is 40.9 Å². The molecule has 0 bridgehead atoms. The predicted molar refractivity (Wildman–Crippen MR) is 164 cm³/mol. The van der Waals surface area contributed by atoms with Gasteiger partial charge in [0.2, 0.25) is 0 Å². The highest BCUT2D eigenvalue weighted by atomic mass is 16.7. The maximum Gasteiger partial charge on any atom is 0.339 e. The summed E-state index contributed by atoms with van der Waals surface area (Å²) in [7, 11) is 6.85. The van der Waals surface area contributed by atoms with Gasteiger partial charge in [0.25, 0.3) is 0 Å². The molecule has 10 atom stereocenters. The topological polar surface area (TPSA) is 142 Å². The van der Waals surface area contributed by atoms with Crippen LogP contribution in [0.2, 0.25) is 0 Å². The van der Waals surface area contributed by atoms with E-state index < -0.39 is 65.3 Å². The van der Waals surface area contributed by atoms with E-state index in [0.717, 1.165) is 6.42 Å². The van der Waals surface area contributed by atoms with Crippen LogP contribution >= 0.6 is 0 Å². The van der Waals surface area contributed by atoms with E-state index in [-0.39, 0.29) is 23.7 Å². The fourth-order valence-corrected chi connectivity index (χ4v) is 6.61. The molecule has 1 fully saturated rings. The molecule has 252 valence electrons. The molecular formula is C32H55N3O9. The maximum absolute atomic E-state index is 13.9. The number of ketones is 2. The van der Waals surface area contributed by atoms with Crippen molar-refractivity contribution < 1.29 is 43.0 Å². The Balaban J connectivity index is 2.60. The summed E-state index contributed by atoms with van der Waals surface area (Å²) in [4.78, 5) is 60.3. The summed E-state index contributed by atoms with van der Waals surface area (Å²) in [6.45, 7) is 15.9. The highest BCUT2D eigenvalue weighted by Gasteiger charge is 2.48. The number of nitrogens with zero attached hydrogens (tertiary/aromatic N) is 1. The number of nitrogens with one attached hydrogen (secondary N) is 2. The first-order valence-electron chi connectivity index (χ1n) is 15.4. The number of carbonyl (C=O) groups is 4.